The topological polar surface area (TPSA) is 43.8 Å². The normalized spacial score (nSPS) is 18.5. The number of halogens is 1. The molecule has 3 nitrogen and oxygen atoms in total. The van der Waals surface area contributed by atoms with E-state index < -0.39 is 0 Å². The van der Waals surface area contributed by atoms with Crippen LogP contribution in [0.3, 0.4) is 0 Å². The molecule has 0 aromatic carbocycles. The Morgan fingerprint density at radius 3 is 3.00 bits per heavy atom. The number of aromatic nitrogens is 2. The highest BCUT2D eigenvalue weighted by molar-refractivity contribution is 6.31. The van der Waals surface area contributed by atoms with Crippen LogP contribution < -0.4 is 5.73 Å². The van der Waals surface area contributed by atoms with E-state index in [9.17, 15) is 0 Å². The smallest absolute Gasteiger partial charge is 0.0834 e. The maximum atomic E-state index is 6.13. The van der Waals surface area contributed by atoms with Crippen LogP contribution in [-0.2, 0) is 6.54 Å². The standard InChI is InChI=1S/C10H16ClN3/c1-2-5-14-10(8(11)6-13-14)9(12)7-3-4-7/h6-7,9H,2-5,12H2,1H3. The fraction of sp³-hybridized carbons (Fsp3) is 0.700. The SMILES string of the molecule is CCCn1ncc(Cl)c1C(N)C1CC1. The largest absolute Gasteiger partial charge is 0.322 e. The van der Waals surface area contributed by atoms with E-state index in [1.807, 2.05) is 4.68 Å². The molecule has 2 N–H and O–H groups in total. The van der Waals surface area contributed by atoms with Gasteiger partial charge in [-0.3, -0.25) is 4.68 Å². The third-order valence-electron chi connectivity index (χ3n) is 2.71. The van der Waals surface area contributed by atoms with Crippen LogP contribution in [0, 0.1) is 5.92 Å². The summed E-state index contributed by atoms with van der Waals surface area (Å²) < 4.78 is 1.95. The molecule has 1 aliphatic carbocycles. The van der Waals surface area contributed by atoms with Gasteiger partial charge in [0.1, 0.15) is 0 Å². The van der Waals surface area contributed by atoms with Crippen molar-refractivity contribution in [3.8, 4) is 0 Å². The lowest BCUT2D eigenvalue weighted by Crippen LogP contribution is -2.18. The summed E-state index contributed by atoms with van der Waals surface area (Å²) in [7, 11) is 0. The first-order chi connectivity index (χ1) is 6.74. The number of aryl methyl sites for hydroxylation is 1. The minimum atomic E-state index is 0.0801. The van der Waals surface area contributed by atoms with Gasteiger partial charge in [-0.25, -0.2) is 0 Å². The Labute approximate surface area is 89.2 Å². The zero-order valence-electron chi connectivity index (χ0n) is 8.41. The van der Waals surface area contributed by atoms with Gasteiger partial charge in [-0.2, -0.15) is 5.10 Å². The molecule has 14 heavy (non-hydrogen) atoms. The summed E-state index contributed by atoms with van der Waals surface area (Å²) in [5.41, 5.74) is 7.16. The Bertz CT molecular complexity index is 317. The zero-order chi connectivity index (χ0) is 10.1. The van der Waals surface area contributed by atoms with Crippen LogP contribution in [0.1, 0.15) is 37.9 Å². The van der Waals surface area contributed by atoms with E-state index in [4.69, 9.17) is 17.3 Å². The molecule has 1 unspecified atom stereocenters. The van der Waals surface area contributed by atoms with E-state index in [0.717, 1.165) is 23.7 Å². The van der Waals surface area contributed by atoms with Crippen LogP contribution >= 0.6 is 11.6 Å². The van der Waals surface area contributed by atoms with Crippen LogP contribution in [0.25, 0.3) is 0 Å². The summed E-state index contributed by atoms with van der Waals surface area (Å²) in [6.45, 7) is 3.03. The van der Waals surface area contributed by atoms with Crippen molar-refractivity contribution in [3.63, 3.8) is 0 Å². The predicted molar refractivity (Wildman–Crippen MR) is 57.2 cm³/mol. The van der Waals surface area contributed by atoms with Gasteiger partial charge in [0.25, 0.3) is 0 Å². The minimum absolute atomic E-state index is 0.0801. The molecule has 0 amide bonds. The van der Waals surface area contributed by atoms with Gasteiger partial charge in [0.2, 0.25) is 0 Å². The van der Waals surface area contributed by atoms with E-state index in [2.05, 4.69) is 12.0 Å². The fourth-order valence-corrected chi connectivity index (χ4v) is 2.04. The molecule has 0 radical (unpaired) electrons. The highest BCUT2D eigenvalue weighted by Crippen LogP contribution is 2.41. The Morgan fingerprint density at radius 1 is 1.71 bits per heavy atom. The van der Waals surface area contributed by atoms with Crippen LogP contribution in [0.2, 0.25) is 5.02 Å². The number of rotatable bonds is 4. The van der Waals surface area contributed by atoms with Crippen LogP contribution in [0.5, 0.6) is 0 Å². The summed E-state index contributed by atoms with van der Waals surface area (Å²) in [4.78, 5) is 0. The average molecular weight is 214 g/mol. The highest BCUT2D eigenvalue weighted by atomic mass is 35.5. The van der Waals surface area contributed by atoms with Gasteiger partial charge in [0, 0.05) is 6.54 Å². The Morgan fingerprint density at radius 2 is 2.43 bits per heavy atom. The van der Waals surface area contributed by atoms with Gasteiger partial charge in [-0.15, -0.1) is 0 Å². The minimum Gasteiger partial charge on any atom is -0.322 e. The molecule has 2 rings (SSSR count). The molecule has 0 saturated heterocycles. The molecular weight excluding hydrogens is 198 g/mol. The Kier molecular flexibility index (Phi) is 2.79. The lowest BCUT2D eigenvalue weighted by molar-refractivity contribution is 0.513. The van der Waals surface area contributed by atoms with Crippen molar-refractivity contribution in [2.45, 2.75) is 38.8 Å². The van der Waals surface area contributed by atoms with Crippen molar-refractivity contribution >= 4 is 11.6 Å². The molecule has 1 heterocycles. The van der Waals surface area contributed by atoms with E-state index in [0.29, 0.717) is 5.92 Å². The summed E-state index contributed by atoms with van der Waals surface area (Å²) >= 11 is 6.08. The summed E-state index contributed by atoms with van der Waals surface area (Å²) in [5, 5.41) is 4.96. The molecule has 1 saturated carbocycles. The first kappa shape index (κ1) is 9.99. The second kappa shape index (κ2) is 3.91. The molecule has 1 fully saturated rings. The van der Waals surface area contributed by atoms with Crippen molar-refractivity contribution in [2.75, 3.05) is 0 Å². The van der Waals surface area contributed by atoms with Gasteiger partial charge in [0.15, 0.2) is 0 Å². The first-order valence-electron chi connectivity index (χ1n) is 5.20. The van der Waals surface area contributed by atoms with E-state index in [1.54, 1.807) is 6.20 Å². The number of nitrogens with two attached hydrogens (primary N) is 1. The average Bonchev–Trinajstić information content (AvgIpc) is 2.93. The molecular formula is C10H16ClN3. The Balaban J connectivity index is 2.23. The summed E-state index contributed by atoms with van der Waals surface area (Å²) in [5.74, 6) is 0.625. The highest BCUT2D eigenvalue weighted by Gasteiger charge is 2.32. The van der Waals surface area contributed by atoms with Gasteiger partial charge in [-0.05, 0) is 25.2 Å². The number of hydrogen-bond donors (Lipinski definition) is 1. The van der Waals surface area contributed by atoms with Gasteiger partial charge in [0.05, 0.1) is 23.0 Å². The van der Waals surface area contributed by atoms with Crippen molar-refractivity contribution in [1.29, 1.82) is 0 Å². The van der Waals surface area contributed by atoms with Crippen molar-refractivity contribution in [1.82, 2.24) is 9.78 Å². The van der Waals surface area contributed by atoms with Crippen molar-refractivity contribution in [2.24, 2.45) is 11.7 Å². The molecule has 1 atom stereocenters. The van der Waals surface area contributed by atoms with Crippen LogP contribution in [0.4, 0.5) is 0 Å². The summed E-state index contributed by atoms with van der Waals surface area (Å²) in [6.07, 6.45) is 5.22. The van der Waals surface area contributed by atoms with Crippen LogP contribution in [-0.4, -0.2) is 9.78 Å². The monoisotopic (exact) mass is 213 g/mol. The molecule has 1 aromatic rings. The molecule has 78 valence electrons. The maximum absolute atomic E-state index is 6.13. The lowest BCUT2D eigenvalue weighted by Gasteiger charge is -2.13. The third-order valence-corrected chi connectivity index (χ3v) is 3.01. The number of hydrogen-bond acceptors (Lipinski definition) is 2. The lowest BCUT2D eigenvalue weighted by atomic mass is 10.1. The third kappa shape index (κ3) is 1.79. The van der Waals surface area contributed by atoms with Gasteiger partial charge in [-0.1, -0.05) is 18.5 Å². The summed E-state index contributed by atoms with van der Waals surface area (Å²) in [6, 6.07) is 0.0801. The van der Waals surface area contributed by atoms with E-state index in [-0.39, 0.29) is 6.04 Å². The molecule has 1 aliphatic rings. The second-order valence-electron chi connectivity index (χ2n) is 3.96. The maximum Gasteiger partial charge on any atom is 0.0834 e. The quantitative estimate of drug-likeness (QED) is 0.835. The molecule has 4 heteroatoms. The second-order valence-corrected chi connectivity index (χ2v) is 4.37. The molecule has 1 aromatic heterocycles. The zero-order valence-corrected chi connectivity index (χ0v) is 9.17. The molecule has 0 aliphatic heterocycles. The van der Waals surface area contributed by atoms with Crippen LogP contribution in [0.15, 0.2) is 6.20 Å². The first-order valence-corrected chi connectivity index (χ1v) is 5.58. The van der Waals surface area contributed by atoms with Gasteiger partial charge >= 0.3 is 0 Å². The predicted octanol–water partition coefficient (Wildman–Crippen LogP) is 2.36. The van der Waals surface area contributed by atoms with Gasteiger partial charge < -0.3 is 5.73 Å². The Hall–Kier alpha value is -0.540. The van der Waals surface area contributed by atoms with E-state index >= 15 is 0 Å². The number of nitrogens with zero attached hydrogens (tertiary/aromatic N) is 2. The van der Waals surface area contributed by atoms with Crippen molar-refractivity contribution < 1.29 is 0 Å². The molecule has 0 spiro atoms. The van der Waals surface area contributed by atoms with Crippen molar-refractivity contribution in [3.05, 3.63) is 16.9 Å². The molecule has 0 bridgehead atoms. The van der Waals surface area contributed by atoms with E-state index in [1.165, 1.54) is 12.8 Å². The fourth-order valence-electron chi connectivity index (χ4n) is 1.77.